The van der Waals surface area contributed by atoms with Crippen molar-refractivity contribution in [2.24, 2.45) is 0 Å². The second kappa shape index (κ2) is 4.67. The summed E-state index contributed by atoms with van der Waals surface area (Å²) in [6.45, 7) is 0. The second-order valence-electron chi connectivity index (χ2n) is 3.48. The minimum Gasteiger partial charge on any atom is -0.504 e. The Hall–Kier alpha value is -1.68. The van der Waals surface area contributed by atoms with Gasteiger partial charge in [-0.15, -0.1) is 0 Å². The van der Waals surface area contributed by atoms with Crippen LogP contribution in [0.25, 0.3) is 0 Å². The van der Waals surface area contributed by atoms with Crippen molar-refractivity contribution >= 4 is 21.7 Å². The molecular weight excluding hydrogens is 287 g/mol. The highest BCUT2D eigenvalue weighted by Crippen LogP contribution is 2.27. The highest BCUT2D eigenvalue weighted by Gasteiger charge is 2.17. The molecule has 2 aromatic rings. The van der Waals surface area contributed by atoms with E-state index in [0.29, 0.717) is 10.0 Å². The molecule has 0 bridgehead atoms. The number of ketones is 1. The van der Waals surface area contributed by atoms with Crippen LogP contribution in [0.3, 0.4) is 0 Å². The molecule has 4 heteroatoms. The van der Waals surface area contributed by atoms with Crippen molar-refractivity contribution in [2.75, 3.05) is 0 Å². The molecule has 0 unspecified atom stereocenters. The average Bonchev–Trinajstić information content (AvgIpc) is 2.34. The number of rotatable bonds is 2. The Morgan fingerprint density at radius 3 is 2.47 bits per heavy atom. The van der Waals surface area contributed by atoms with Gasteiger partial charge in [0, 0.05) is 10.0 Å². The van der Waals surface area contributed by atoms with Crippen LogP contribution in [0.1, 0.15) is 15.9 Å². The van der Waals surface area contributed by atoms with Gasteiger partial charge in [0.1, 0.15) is 0 Å². The van der Waals surface area contributed by atoms with E-state index in [-0.39, 0.29) is 5.56 Å². The van der Waals surface area contributed by atoms with Gasteiger partial charge in [-0.2, -0.15) is 0 Å². The summed E-state index contributed by atoms with van der Waals surface area (Å²) < 4.78 is 13.7. The largest absolute Gasteiger partial charge is 0.504 e. The van der Waals surface area contributed by atoms with Crippen LogP contribution in [0.2, 0.25) is 0 Å². The van der Waals surface area contributed by atoms with Crippen LogP contribution in [0.5, 0.6) is 5.75 Å². The van der Waals surface area contributed by atoms with Gasteiger partial charge in [0.05, 0.1) is 5.56 Å². The summed E-state index contributed by atoms with van der Waals surface area (Å²) >= 11 is 3.08. The number of carbonyl (C=O) groups is 1. The number of phenols is 1. The van der Waals surface area contributed by atoms with Gasteiger partial charge in [0.15, 0.2) is 17.3 Å². The molecular formula is C13H8BrFO2. The van der Waals surface area contributed by atoms with Crippen molar-refractivity contribution < 1.29 is 14.3 Å². The highest BCUT2D eigenvalue weighted by atomic mass is 79.9. The van der Waals surface area contributed by atoms with Crippen LogP contribution >= 0.6 is 15.9 Å². The minimum atomic E-state index is -0.821. The average molecular weight is 295 g/mol. The molecule has 2 aromatic carbocycles. The maximum atomic E-state index is 13.3. The Morgan fingerprint density at radius 1 is 1.18 bits per heavy atom. The van der Waals surface area contributed by atoms with Crippen molar-refractivity contribution in [3.05, 3.63) is 63.9 Å². The maximum Gasteiger partial charge on any atom is 0.196 e. The third-order valence-corrected chi connectivity index (χ3v) is 2.77. The number of phenolic OH excluding ortho intramolecular Hbond substituents is 1. The van der Waals surface area contributed by atoms with E-state index >= 15 is 0 Å². The summed E-state index contributed by atoms with van der Waals surface area (Å²) in [7, 11) is 0. The molecule has 2 nitrogen and oxygen atoms in total. The first-order valence-electron chi connectivity index (χ1n) is 4.87. The van der Waals surface area contributed by atoms with Crippen LogP contribution in [0.4, 0.5) is 4.39 Å². The molecule has 0 aromatic heterocycles. The summed E-state index contributed by atoms with van der Waals surface area (Å²) in [6, 6.07) is 10.9. The van der Waals surface area contributed by atoms with Gasteiger partial charge in [0.2, 0.25) is 0 Å². The van der Waals surface area contributed by atoms with Gasteiger partial charge >= 0.3 is 0 Å². The Bertz CT molecular complexity index is 567. The molecule has 0 saturated heterocycles. The Balaban J connectivity index is 2.52. The van der Waals surface area contributed by atoms with Crippen molar-refractivity contribution in [3.63, 3.8) is 0 Å². The number of hydrogen-bond donors (Lipinski definition) is 1. The molecule has 0 spiro atoms. The third-order valence-electron chi connectivity index (χ3n) is 2.31. The number of halogens is 2. The molecule has 0 fully saturated rings. The van der Waals surface area contributed by atoms with E-state index < -0.39 is 17.3 Å². The van der Waals surface area contributed by atoms with Crippen molar-refractivity contribution in [1.82, 2.24) is 0 Å². The quantitative estimate of drug-likeness (QED) is 0.861. The zero-order valence-corrected chi connectivity index (χ0v) is 10.2. The van der Waals surface area contributed by atoms with Crippen LogP contribution in [0, 0.1) is 5.82 Å². The lowest BCUT2D eigenvalue weighted by atomic mass is 10.0. The first-order chi connectivity index (χ1) is 8.09. The SMILES string of the molecule is O=C(c1ccccc1)c1cc(Br)cc(F)c1O. The van der Waals surface area contributed by atoms with E-state index in [2.05, 4.69) is 15.9 Å². The predicted octanol–water partition coefficient (Wildman–Crippen LogP) is 3.52. The second-order valence-corrected chi connectivity index (χ2v) is 4.39. The maximum absolute atomic E-state index is 13.3. The highest BCUT2D eigenvalue weighted by molar-refractivity contribution is 9.10. The van der Waals surface area contributed by atoms with Gasteiger partial charge in [-0.05, 0) is 12.1 Å². The lowest BCUT2D eigenvalue weighted by Crippen LogP contribution is -2.02. The molecule has 0 aliphatic heterocycles. The Morgan fingerprint density at radius 2 is 1.82 bits per heavy atom. The molecule has 0 aliphatic carbocycles. The number of aromatic hydroxyl groups is 1. The van der Waals surface area contributed by atoms with Crippen molar-refractivity contribution in [1.29, 1.82) is 0 Å². The Labute approximate surface area is 106 Å². The lowest BCUT2D eigenvalue weighted by Gasteiger charge is -2.05. The monoisotopic (exact) mass is 294 g/mol. The smallest absolute Gasteiger partial charge is 0.196 e. The van der Waals surface area contributed by atoms with Gasteiger partial charge in [0.25, 0.3) is 0 Å². The molecule has 0 saturated carbocycles. The summed E-state index contributed by atoms with van der Waals surface area (Å²) in [5, 5.41) is 9.54. The normalized spacial score (nSPS) is 10.2. The summed E-state index contributed by atoms with van der Waals surface area (Å²) in [6.07, 6.45) is 0. The molecule has 2 rings (SSSR count). The molecule has 17 heavy (non-hydrogen) atoms. The lowest BCUT2D eigenvalue weighted by molar-refractivity contribution is 0.103. The summed E-state index contributed by atoms with van der Waals surface area (Å²) in [4.78, 5) is 12.0. The van der Waals surface area contributed by atoms with E-state index in [0.717, 1.165) is 6.07 Å². The molecule has 0 radical (unpaired) electrons. The third kappa shape index (κ3) is 2.36. The fraction of sp³-hybridized carbons (Fsp3) is 0. The van der Waals surface area contributed by atoms with Gasteiger partial charge in [-0.1, -0.05) is 46.3 Å². The van der Waals surface area contributed by atoms with Crippen molar-refractivity contribution in [2.45, 2.75) is 0 Å². The van der Waals surface area contributed by atoms with Crippen molar-refractivity contribution in [3.8, 4) is 5.75 Å². The summed E-state index contributed by atoms with van der Waals surface area (Å²) in [5.41, 5.74) is 0.350. The predicted molar refractivity (Wildman–Crippen MR) is 65.6 cm³/mol. The zero-order valence-electron chi connectivity index (χ0n) is 8.65. The molecule has 1 N–H and O–H groups in total. The number of hydrogen-bond acceptors (Lipinski definition) is 2. The summed E-state index contributed by atoms with van der Waals surface area (Å²) in [5.74, 6) is -1.86. The topological polar surface area (TPSA) is 37.3 Å². The minimum absolute atomic E-state index is 0.0527. The fourth-order valence-electron chi connectivity index (χ4n) is 1.48. The zero-order chi connectivity index (χ0) is 12.4. The molecule has 86 valence electrons. The van der Waals surface area contributed by atoms with Crippen LogP contribution in [-0.2, 0) is 0 Å². The fourth-order valence-corrected chi connectivity index (χ4v) is 1.91. The number of benzene rings is 2. The first kappa shape index (κ1) is 11.8. The van der Waals surface area contributed by atoms with E-state index in [4.69, 9.17) is 0 Å². The van der Waals surface area contributed by atoms with Gasteiger partial charge < -0.3 is 5.11 Å². The van der Waals surface area contributed by atoms with E-state index in [1.165, 1.54) is 6.07 Å². The van der Waals surface area contributed by atoms with E-state index in [1.807, 2.05) is 0 Å². The van der Waals surface area contributed by atoms with Gasteiger partial charge in [-0.3, -0.25) is 4.79 Å². The van der Waals surface area contributed by atoms with E-state index in [9.17, 15) is 14.3 Å². The molecule has 0 aliphatic rings. The number of carbonyl (C=O) groups excluding carboxylic acids is 1. The van der Waals surface area contributed by atoms with Gasteiger partial charge in [-0.25, -0.2) is 4.39 Å². The van der Waals surface area contributed by atoms with Crippen LogP contribution in [-0.4, -0.2) is 10.9 Å². The molecule has 0 heterocycles. The van der Waals surface area contributed by atoms with E-state index in [1.54, 1.807) is 30.3 Å². The first-order valence-corrected chi connectivity index (χ1v) is 5.66. The Kier molecular flexibility index (Phi) is 3.24. The molecule has 0 amide bonds. The van der Waals surface area contributed by atoms with Crippen LogP contribution in [0.15, 0.2) is 46.9 Å². The standard InChI is InChI=1S/C13H8BrFO2/c14-9-6-10(13(17)11(15)7-9)12(16)8-4-2-1-3-5-8/h1-7,17H. The van der Waals surface area contributed by atoms with Crippen LogP contribution < -0.4 is 0 Å². The molecule has 0 atom stereocenters.